The Bertz CT molecular complexity index is 497. The van der Waals surface area contributed by atoms with Gasteiger partial charge in [0.15, 0.2) is 23.4 Å². The Balaban J connectivity index is 2.26. The van der Waals surface area contributed by atoms with Crippen LogP contribution in [0.5, 0.6) is 11.5 Å². The van der Waals surface area contributed by atoms with Crippen LogP contribution in [-0.2, 0) is 6.42 Å². The summed E-state index contributed by atoms with van der Waals surface area (Å²) in [4.78, 5) is 0. The van der Waals surface area contributed by atoms with E-state index in [-0.39, 0.29) is 11.4 Å². The highest BCUT2D eigenvalue weighted by molar-refractivity contribution is 5.84. The molecule has 104 valence electrons. The smallest absolute Gasteiger partial charge is 0.180 e. The van der Waals surface area contributed by atoms with E-state index in [0.717, 1.165) is 17.7 Å². The number of amidine groups is 1. The van der Waals surface area contributed by atoms with Gasteiger partial charge >= 0.3 is 0 Å². The van der Waals surface area contributed by atoms with Gasteiger partial charge in [0, 0.05) is 12.0 Å². The van der Waals surface area contributed by atoms with Gasteiger partial charge in [-0.25, -0.2) is 0 Å². The van der Waals surface area contributed by atoms with Crippen molar-refractivity contribution in [2.45, 2.75) is 45.3 Å². The molecule has 19 heavy (non-hydrogen) atoms. The lowest BCUT2D eigenvalue weighted by atomic mass is 10.0. The van der Waals surface area contributed by atoms with Gasteiger partial charge in [0.25, 0.3) is 0 Å². The molecule has 0 bridgehead atoms. The molecule has 3 N–H and O–H groups in total. The quantitative estimate of drug-likeness (QED) is 0.378. The predicted molar refractivity (Wildman–Crippen MR) is 73.0 cm³/mol. The summed E-state index contributed by atoms with van der Waals surface area (Å²) in [6.07, 6.45) is 1.01. The zero-order valence-corrected chi connectivity index (χ0v) is 11.5. The molecule has 1 heterocycles. The van der Waals surface area contributed by atoms with Crippen molar-refractivity contribution >= 4 is 5.84 Å². The van der Waals surface area contributed by atoms with Gasteiger partial charge in [-0.2, -0.15) is 0 Å². The molecule has 1 atom stereocenters. The van der Waals surface area contributed by atoms with E-state index in [1.54, 1.807) is 0 Å². The highest BCUT2D eigenvalue weighted by Gasteiger charge is 2.32. The third kappa shape index (κ3) is 2.75. The summed E-state index contributed by atoms with van der Waals surface area (Å²) in [5.41, 5.74) is 6.51. The van der Waals surface area contributed by atoms with Gasteiger partial charge in [0.05, 0.1) is 0 Å². The van der Waals surface area contributed by atoms with Gasteiger partial charge in [-0.15, -0.1) is 0 Å². The molecule has 0 aliphatic carbocycles. The third-order valence-electron chi connectivity index (χ3n) is 3.14. The number of rotatable bonds is 4. The van der Waals surface area contributed by atoms with Gasteiger partial charge in [-0.3, -0.25) is 0 Å². The molecular formula is C14H20N2O3. The van der Waals surface area contributed by atoms with Crippen molar-refractivity contribution < 1.29 is 14.7 Å². The highest BCUT2D eigenvalue weighted by Crippen LogP contribution is 2.42. The monoisotopic (exact) mass is 264 g/mol. The normalized spacial score (nSPS) is 18.6. The summed E-state index contributed by atoms with van der Waals surface area (Å²) in [7, 11) is 0. The van der Waals surface area contributed by atoms with E-state index in [0.29, 0.717) is 12.2 Å². The fraction of sp³-hybridized carbons (Fsp3) is 0.500. The molecule has 1 unspecified atom stereocenters. The van der Waals surface area contributed by atoms with Gasteiger partial charge in [0.2, 0.25) is 0 Å². The highest BCUT2D eigenvalue weighted by atomic mass is 16.5. The van der Waals surface area contributed by atoms with Crippen LogP contribution in [0.15, 0.2) is 23.4 Å². The number of oxime groups is 1. The Hall–Kier alpha value is -1.91. The molecule has 1 aliphatic rings. The Labute approximate surface area is 113 Å². The van der Waals surface area contributed by atoms with Crippen LogP contribution in [0.2, 0.25) is 0 Å². The fourth-order valence-electron chi connectivity index (χ4n) is 2.25. The second-order valence-corrected chi connectivity index (χ2v) is 5.32. The maximum Gasteiger partial charge on any atom is 0.180 e. The largest absolute Gasteiger partial charge is 0.483 e. The number of hydrogen-bond donors (Lipinski definition) is 2. The second kappa shape index (κ2) is 4.99. The van der Waals surface area contributed by atoms with Crippen LogP contribution < -0.4 is 15.2 Å². The number of nitrogens with two attached hydrogens (primary N) is 1. The summed E-state index contributed by atoms with van der Waals surface area (Å²) in [5, 5.41) is 11.7. The number of hydrogen-bond acceptors (Lipinski definition) is 4. The Kier molecular flexibility index (Phi) is 3.55. The molecule has 2 rings (SSSR count). The number of fused-ring (bicyclic) bond motifs is 1. The number of nitrogens with zero attached hydrogens (tertiary/aromatic N) is 1. The molecule has 0 saturated heterocycles. The molecule has 0 radical (unpaired) electrons. The minimum atomic E-state index is -0.455. The summed E-state index contributed by atoms with van der Waals surface area (Å²) in [5.74, 6) is 1.47. The van der Waals surface area contributed by atoms with E-state index in [4.69, 9.17) is 20.4 Å². The first-order chi connectivity index (χ1) is 8.96. The molecule has 0 aromatic heterocycles. The molecule has 5 heteroatoms. The average Bonchev–Trinajstić information content (AvgIpc) is 2.69. The zero-order chi connectivity index (χ0) is 14.0. The first-order valence-corrected chi connectivity index (χ1v) is 6.42. The van der Waals surface area contributed by atoms with Crippen molar-refractivity contribution in [2.75, 3.05) is 0 Å². The molecule has 1 aliphatic heterocycles. The van der Waals surface area contributed by atoms with Crippen LogP contribution in [0.25, 0.3) is 0 Å². The lowest BCUT2D eigenvalue weighted by molar-refractivity contribution is 0.129. The number of benzene rings is 1. The SMILES string of the molecule is CCC(Oc1cccc2c1OC(C)(C)C2)C(N)=NO. The van der Waals surface area contributed by atoms with Gasteiger partial charge in [-0.05, 0) is 26.3 Å². The molecule has 0 spiro atoms. The maximum atomic E-state index is 8.74. The standard InChI is InChI=1S/C14H20N2O3/c1-4-10(13(15)16-17)18-11-7-5-6-9-8-14(2,3)19-12(9)11/h5-7,10,17H,4,8H2,1-3H3,(H2,15,16). The van der Waals surface area contributed by atoms with E-state index in [2.05, 4.69) is 5.16 Å². The first-order valence-electron chi connectivity index (χ1n) is 6.42. The predicted octanol–water partition coefficient (Wildman–Crippen LogP) is 2.30. The summed E-state index contributed by atoms with van der Waals surface area (Å²) < 4.78 is 11.7. The lowest BCUT2D eigenvalue weighted by Gasteiger charge is -2.20. The summed E-state index contributed by atoms with van der Waals surface area (Å²) in [6, 6.07) is 5.80. The molecule has 1 aromatic carbocycles. The Morgan fingerprint density at radius 3 is 2.95 bits per heavy atom. The van der Waals surface area contributed by atoms with E-state index < -0.39 is 6.10 Å². The van der Waals surface area contributed by atoms with Gasteiger partial charge < -0.3 is 20.4 Å². The molecule has 1 aromatic rings. The number of ether oxygens (including phenoxy) is 2. The van der Waals surface area contributed by atoms with Crippen molar-refractivity contribution in [1.82, 2.24) is 0 Å². The molecule has 0 amide bonds. The van der Waals surface area contributed by atoms with Crippen LogP contribution in [0.1, 0.15) is 32.8 Å². The van der Waals surface area contributed by atoms with Crippen LogP contribution >= 0.6 is 0 Å². The van der Waals surface area contributed by atoms with Crippen molar-refractivity contribution in [2.24, 2.45) is 10.9 Å². The maximum absolute atomic E-state index is 8.74. The molecule has 0 saturated carbocycles. The zero-order valence-electron chi connectivity index (χ0n) is 11.5. The van der Waals surface area contributed by atoms with Gasteiger partial charge in [-0.1, -0.05) is 24.2 Å². The van der Waals surface area contributed by atoms with Gasteiger partial charge in [0.1, 0.15) is 5.60 Å². The van der Waals surface area contributed by atoms with Crippen LogP contribution in [-0.4, -0.2) is 22.7 Å². The summed E-state index contributed by atoms with van der Waals surface area (Å²) in [6.45, 7) is 5.99. The van der Waals surface area contributed by atoms with E-state index in [1.807, 2.05) is 39.0 Å². The second-order valence-electron chi connectivity index (χ2n) is 5.32. The Morgan fingerprint density at radius 2 is 2.32 bits per heavy atom. The molecule has 0 fully saturated rings. The minimum Gasteiger partial charge on any atom is -0.483 e. The number of para-hydroxylation sites is 1. The average molecular weight is 264 g/mol. The molecule has 5 nitrogen and oxygen atoms in total. The van der Waals surface area contributed by atoms with E-state index in [9.17, 15) is 0 Å². The van der Waals surface area contributed by atoms with Crippen LogP contribution in [0.4, 0.5) is 0 Å². The van der Waals surface area contributed by atoms with Crippen LogP contribution in [0, 0.1) is 0 Å². The van der Waals surface area contributed by atoms with E-state index in [1.165, 1.54) is 0 Å². The topological polar surface area (TPSA) is 77.1 Å². The third-order valence-corrected chi connectivity index (χ3v) is 3.14. The van der Waals surface area contributed by atoms with Crippen molar-refractivity contribution in [3.05, 3.63) is 23.8 Å². The summed E-state index contributed by atoms with van der Waals surface area (Å²) >= 11 is 0. The van der Waals surface area contributed by atoms with Crippen LogP contribution in [0.3, 0.4) is 0 Å². The van der Waals surface area contributed by atoms with Crippen molar-refractivity contribution in [3.8, 4) is 11.5 Å². The van der Waals surface area contributed by atoms with E-state index >= 15 is 0 Å². The minimum absolute atomic E-state index is 0.0670. The fourth-order valence-corrected chi connectivity index (χ4v) is 2.25. The van der Waals surface area contributed by atoms with Crippen molar-refractivity contribution in [3.63, 3.8) is 0 Å². The lowest BCUT2D eigenvalue weighted by Crippen LogP contribution is -2.33. The molecular weight excluding hydrogens is 244 g/mol. The Morgan fingerprint density at radius 1 is 1.58 bits per heavy atom. The first kappa shape index (κ1) is 13.5. The van der Waals surface area contributed by atoms with Crippen molar-refractivity contribution in [1.29, 1.82) is 0 Å².